The maximum absolute atomic E-state index is 3.80. The van der Waals surface area contributed by atoms with Crippen LogP contribution in [0.5, 0.6) is 0 Å². The molecule has 1 saturated carbocycles. The predicted molar refractivity (Wildman–Crippen MR) is 91.6 cm³/mol. The topological polar surface area (TPSA) is 15.3 Å². The molecule has 1 aliphatic heterocycles. The molecule has 2 nitrogen and oxygen atoms in total. The molecular weight excluding hydrogens is 264 g/mol. The summed E-state index contributed by atoms with van der Waals surface area (Å²) in [5, 5.41) is 4.73. The average Bonchev–Trinajstić information content (AvgIpc) is 2.45. The molecule has 0 bridgehead atoms. The van der Waals surface area contributed by atoms with E-state index in [2.05, 4.69) is 55.9 Å². The lowest BCUT2D eigenvalue weighted by Crippen LogP contribution is -2.62. The van der Waals surface area contributed by atoms with E-state index in [1.54, 1.807) is 0 Å². The Balaban J connectivity index is 1.99. The Labute approximate surface area is 130 Å². The molecule has 0 aromatic heterocycles. The summed E-state index contributed by atoms with van der Waals surface area (Å²) in [6.45, 7) is 11.9. The van der Waals surface area contributed by atoms with Crippen LogP contribution in [0, 0.1) is 5.41 Å². The van der Waals surface area contributed by atoms with Gasteiger partial charge in [0.25, 0.3) is 0 Å². The molecule has 2 unspecified atom stereocenters. The summed E-state index contributed by atoms with van der Waals surface area (Å²) in [7, 11) is 0. The number of hydrogen-bond acceptors (Lipinski definition) is 3. The number of nitrogens with zero attached hydrogens (tertiary/aromatic N) is 1. The number of rotatable bonds is 3. The second kappa shape index (κ2) is 7.02. The van der Waals surface area contributed by atoms with E-state index in [9.17, 15) is 0 Å². The van der Waals surface area contributed by atoms with E-state index in [0.29, 0.717) is 11.5 Å². The lowest BCUT2D eigenvalue weighted by molar-refractivity contribution is 0.0342. The fourth-order valence-corrected chi connectivity index (χ4v) is 4.58. The van der Waals surface area contributed by atoms with E-state index >= 15 is 0 Å². The van der Waals surface area contributed by atoms with Crippen LogP contribution in [0.15, 0.2) is 0 Å². The Hall–Kier alpha value is 0.270. The molecule has 0 amide bonds. The Bertz CT molecular complexity index is 292. The second-order valence-electron chi connectivity index (χ2n) is 7.75. The third-order valence-electron chi connectivity index (χ3n) is 5.43. The normalized spacial score (nSPS) is 37.0. The predicted octanol–water partition coefficient (Wildman–Crippen LogP) is 3.76. The van der Waals surface area contributed by atoms with Crippen molar-refractivity contribution in [2.45, 2.75) is 83.2 Å². The zero-order chi connectivity index (χ0) is 14.8. The third kappa shape index (κ3) is 3.92. The van der Waals surface area contributed by atoms with Crippen LogP contribution in [0.4, 0.5) is 0 Å². The van der Waals surface area contributed by atoms with Crippen molar-refractivity contribution in [3.05, 3.63) is 0 Å². The quantitative estimate of drug-likeness (QED) is 0.854. The first kappa shape index (κ1) is 16.6. The van der Waals surface area contributed by atoms with Gasteiger partial charge in [0.2, 0.25) is 0 Å². The molecule has 1 aliphatic carbocycles. The van der Waals surface area contributed by atoms with Gasteiger partial charge in [0.15, 0.2) is 0 Å². The minimum atomic E-state index is 0.368. The van der Waals surface area contributed by atoms with E-state index < -0.39 is 0 Å². The van der Waals surface area contributed by atoms with Crippen molar-refractivity contribution in [3.8, 4) is 0 Å². The highest BCUT2D eigenvalue weighted by Crippen LogP contribution is 2.33. The summed E-state index contributed by atoms with van der Waals surface area (Å²) in [6, 6.07) is 2.24. The van der Waals surface area contributed by atoms with Gasteiger partial charge in [-0.2, -0.15) is 11.8 Å². The van der Waals surface area contributed by atoms with Crippen molar-refractivity contribution in [2.24, 2.45) is 5.41 Å². The van der Waals surface area contributed by atoms with Gasteiger partial charge >= 0.3 is 0 Å². The fraction of sp³-hybridized carbons (Fsp3) is 1.00. The molecule has 118 valence electrons. The third-order valence-corrected chi connectivity index (χ3v) is 6.56. The second-order valence-corrected chi connectivity index (χ2v) is 8.89. The van der Waals surface area contributed by atoms with Gasteiger partial charge in [-0.1, -0.05) is 27.7 Å². The summed E-state index contributed by atoms with van der Waals surface area (Å²) in [4.78, 5) is 2.86. The number of thioether (sulfide) groups is 1. The van der Waals surface area contributed by atoms with Gasteiger partial charge in [-0.15, -0.1) is 0 Å². The zero-order valence-corrected chi connectivity index (χ0v) is 14.9. The van der Waals surface area contributed by atoms with E-state index in [1.807, 2.05) is 0 Å². The molecule has 0 radical (unpaired) electrons. The molecule has 2 rings (SSSR count). The summed E-state index contributed by atoms with van der Waals surface area (Å²) in [5.74, 6) is 0. The number of piperazine rings is 1. The molecule has 1 heterocycles. The van der Waals surface area contributed by atoms with E-state index in [-0.39, 0.29) is 0 Å². The maximum atomic E-state index is 3.80. The van der Waals surface area contributed by atoms with Crippen LogP contribution in [0.3, 0.4) is 0 Å². The molecule has 1 saturated heterocycles. The zero-order valence-electron chi connectivity index (χ0n) is 14.1. The molecule has 3 heteroatoms. The number of hydrogen-bond donors (Lipinski definition) is 1. The summed E-state index contributed by atoms with van der Waals surface area (Å²) in [6.07, 6.45) is 9.24. The SMILES string of the molecule is CCC1CNC(C(C)(C)C)CN1C1CCC(SC)CC1. The van der Waals surface area contributed by atoms with E-state index in [0.717, 1.165) is 17.3 Å². The van der Waals surface area contributed by atoms with Gasteiger partial charge in [-0.05, 0) is 43.8 Å². The van der Waals surface area contributed by atoms with Crippen molar-refractivity contribution in [1.82, 2.24) is 10.2 Å². The van der Waals surface area contributed by atoms with Crippen LogP contribution < -0.4 is 5.32 Å². The average molecular weight is 299 g/mol. The van der Waals surface area contributed by atoms with Gasteiger partial charge in [-0.25, -0.2) is 0 Å². The van der Waals surface area contributed by atoms with Crippen LogP contribution in [-0.4, -0.2) is 47.6 Å². The van der Waals surface area contributed by atoms with Gasteiger partial charge in [0.1, 0.15) is 0 Å². The van der Waals surface area contributed by atoms with Crippen LogP contribution >= 0.6 is 11.8 Å². The Morgan fingerprint density at radius 1 is 1.15 bits per heavy atom. The van der Waals surface area contributed by atoms with Crippen LogP contribution in [-0.2, 0) is 0 Å². The van der Waals surface area contributed by atoms with E-state index in [4.69, 9.17) is 0 Å². The molecule has 0 aromatic rings. The standard InChI is InChI=1S/C17H34N2S/c1-6-13-11-18-16(17(2,3)4)12-19(13)14-7-9-15(20-5)10-8-14/h13-16,18H,6-12H2,1-5H3. The Morgan fingerprint density at radius 3 is 2.30 bits per heavy atom. The first-order valence-electron chi connectivity index (χ1n) is 8.47. The summed E-state index contributed by atoms with van der Waals surface area (Å²) < 4.78 is 0. The van der Waals surface area contributed by atoms with Gasteiger partial charge < -0.3 is 5.32 Å². The molecule has 2 atom stereocenters. The van der Waals surface area contributed by atoms with Crippen molar-refractivity contribution in [1.29, 1.82) is 0 Å². The molecule has 20 heavy (non-hydrogen) atoms. The lowest BCUT2D eigenvalue weighted by atomic mass is 9.83. The van der Waals surface area contributed by atoms with Gasteiger partial charge in [0, 0.05) is 36.5 Å². The monoisotopic (exact) mass is 298 g/mol. The molecule has 0 aromatic carbocycles. The van der Waals surface area contributed by atoms with Crippen molar-refractivity contribution in [2.75, 3.05) is 19.3 Å². The largest absolute Gasteiger partial charge is 0.311 e. The minimum absolute atomic E-state index is 0.368. The number of nitrogens with one attached hydrogen (secondary N) is 1. The van der Waals surface area contributed by atoms with Crippen LogP contribution in [0.2, 0.25) is 0 Å². The molecule has 1 N–H and O–H groups in total. The minimum Gasteiger partial charge on any atom is -0.311 e. The van der Waals surface area contributed by atoms with Crippen molar-refractivity contribution < 1.29 is 0 Å². The van der Waals surface area contributed by atoms with E-state index in [1.165, 1.54) is 45.2 Å². The highest BCUT2D eigenvalue weighted by atomic mass is 32.2. The van der Waals surface area contributed by atoms with Gasteiger partial charge in [-0.3, -0.25) is 4.90 Å². The smallest absolute Gasteiger partial charge is 0.0244 e. The molecule has 0 spiro atoms. The van der Waals surface area contributed by atoms with Crippen LogP contribution in [0.25, 0.3) is 0 Å². The highest BCUT2D eigenvalue weighted by molar-refractivity contribution is 7.99. The summed E-state index contributed by atoms with van der Waals surface area (Å²) >= 11 is 2.07. The van der Waals surface area contributed by atoms with Crippen molar-refractivity contribution >= 4 is 11.8 Å². The molecule has 2 fully saturated rings. The maximum Gasteiger partial charge on any atom is 0.0244 e. The van der Waals surface area contributed by atoms with Crippen LogP contribution in [0.1, 0.15) is 59.8 Å². The molecule has 2 aliphatic rings. The Kier molecular flexibility index (Phi) is 5.84. The molecular formula is C17H34N2S. The van der Waals surface area contributed by atoms with Crippen molar-refractivity contribution in [3.63, 3.8) is 0 Å². The summed E-state index contributed by atoms with van der Waals surface area (Å²) in [5.41, 5.74) is 0.368. The highest BCUT2D eigenvalue weighted by Gasteiger charge is 2.37. The van der Waals surface area contributed by atoms with Gasteiger partial charge in [0.05, 0.1) is 0 Å². The Morgan fingerprint density at radius 2 is 1.80 bits per heavy atom. The fourth-order valence-electron chi connectivity index (χ4n) is 3.84. The first-order valence-corrected chi connectivity index (χ1v) is 9.76. The lowest BCUT2D eigenvalue weighted by Gasteiger charge is -2.49. The first-order chi connectivity index (χ1) is 9.45.